The minimum atomic E-state index is -0.412. The van der Waals surface area contributed by atoms with Crippen molar-refractivity contribution in [3.8, 4) is 0 Å². The van der Waals surface area contributed by atoms with Crippen LogP contribution < -0.4 is 0 Å². The zero-order valence-electron chi connectivity index (χ0n) is 11.7. The van der Waals surface area contributed by atoms with Crippen LogP contribution in [0.2, 0.25) is 0 Å². The Morgan fingerprint density at radius 2 is 1.86 bits per heavy atom. The Kier molecular flexibility index (Phi) is 4.02. The molecular weight excluding hydrogens is 284 g/mol. The monoisotopic (exact) mass is 298 g/mol. The fraction of sp³-hybridized carbons (Fsp3) is 0.176. The van der Waals surface area contributed by atoms with E-state index in [9.17, 15) is 0 Å². The second kappa shape index (κ2) is 6.10. The largest absolute Gasteiger partial charge is 0.423 e. The zero-order chi connectivity index (χ0) is 14.7. The summed E-state index contributed by atoms with van der Waals surface area (Å²) in [7, 11) is 0. The summed E-state index contributed by atoms with van der Waals surface area (Å²) in [6, 6.07) is 18.0. The number of nitrogens with zero attached hydrogens (tertiary/aromatic N) is 2. The first-order chi connectivity index (χ1) is 10.2. The molecule has 0 spiro atoms. The number of hydrogen-bond donors (Lipinski definition) is 0. The zero-order valence-corrected chi connectivity index (χ0v) is 12.4. The van der Waals surface area contributed by atoms with Gasteiger partial charge in [-0.3, -0.25) is 0 Å². The molecule has 1 heterocycles. The average molecular weight is 299 g/mol. The Balaban J connectivity index is 1.77. The van der Waals surface area contributed by atoms with Gasteiger partial charge in [0.25, 0.3) is 0 Å². The third-order valence-electron chi connectivity index (χ3n) is 3.23. The standard InChI is InChI=1S/C17H15ClN2O/c1-12-6-5-7-13(10-12)11-15-19-20-17(21-15)16(18)14-8-3-2-4-9-14/h2-10,16H,11H2,1H3. The average Bonchev–Trinajstić information content (AvgIpc) is 2.96. The van der Waals surface area contributed by atoms with E-state index in [2.05, 4.69) is 29.3 Å². The van der Waals surface area contributed by atoms with Crippen LogP contribution in [0.3, 0.4) is 0 Å². The SMILES string of the molecule is Cc1cccc(Cc2nnc(C(Cl)c3ccccc3)o2)c1. The molecule has 0 saturated heterocycles. The number of alkyl halides is 1. The normalized spacial score (nSPS) is 12.3. The topological polar surface area (TPSA) is 38.9 Å². The predicted octanol–water partition coefficient (Wildman–Crippen LogP) is 4.30. The molecule has 1 atom stereocenters. The van der Waals surface area contributed by atoms with Crippen molar-refractivity contribution in [1.82, 2.24) is 10.2 Å². The Labute approximate surface area is 128 Å². The van der Waals surface area contributed by atoms with Gasteiger partial charge in [-0.1, -0.05) is 60.2 Å². The van der Waals surface area contributed by atoms with Crippen molar-refractivity contribution in [2.45, 2.75) is 18.7 Å². The first-order valence-corrected chi connectivity index (χ1v) is 7.23. The van der Waals surface area contributed by atoms with Crippen molar-refractivity contribution in [1.29, 1.82) is 0 Å². The van der Waals surface area contributed by atoms with Crippen LogP contribution in [-0.2, 0) is 6.42 Å². The van der Waals surface area contributed by atoms with E-state index in [1.54, 1.807) is 0 Å². The second-order valence-electron chi connectivity index (χ2n) is 4.97. The molecule has 0 aliphatic heterocycles. The smallest absolute Gasteiger partial charge is 0.238 e. The van der Waals surface area contributed by atoms with E-state index in [0.29, 0.717) is 18.2 Å². The molecular formula is C17H15ClN2O. The van der Waals surface area contributed by atoms with Gasteiger partial charge in [-0.25, -0.2) is 0 Å². The summed E-state index contributed by atoms with van der Waals surface area (Å²) >= 11 is 6.38. The van der Waals surface area contributed by atoms with Gasteiger partial charge in [0.2, 0.25) is 11.8 Å². The highest BCUT2D eigenvalue weighted by molar-refractivity contribution is 6.22. The maximum atomic E-state index is 6.38. The van der Waals surface area contributed by atoms with E-state index in [4.69, 9.17) is 16.0 Å². The van der Waals surface area contributed by atoms with Gasteiger partial charge in [-0.2, -0.15) is 0 Å². The highest BCUT2D eigenvalue weighted by Gasteiger charge is 2.17. The molecule has 1 aromatic heterocycles. The van der Waals surface area contributed by atoms with Gasteiger partial charge in [0.15, 0.2) is 0 Å². The lowest BCUT2D eigenvalue weighted by atomic mass is 10.1. The van der Waals surface area contributed by atoms with Crippen molar-refractivity contribution in [3.05, 3.63) is 83.1 Å². The Morgan fingerprint density at radius 3 is 2.62 bits per heavy atom. The van der Waals surface area contributed by atoms with E-state index in [1.165, 1.54) is 5.56 Å². The van der Waals surface area contributed by atoms with Gasteiger partial charge in [0.1, 0.15) is 5.38 Å². The number of hydrogen-bond acceptors (Lipinski definition) is 3. The molecule has 3 nitrogen and oxygen atoms in total. The van der Waals surface area contributed by atoms with Crippen LogP contribution in [-0.4, -0.2) is 10.2 Å². The van der Waals surface area contributed by atoms with Gasteiger partial charge in [-0.05, 0) is 18.1 Å². The van der Waals surface area contributed by atoms with Gasteiger partial charge in [0.05, 0.1) is 6.42 Å². The fourth-order valence-corrected chi connectivity index (χ4v) is 2.44. The summed E-state index contributed by atoms with van der Waals surface area (Å²) < 4.78 is 5.69. The molecule has 3 rings (SSSR count). The van der Waals surface area contributed by atoms with Crippen LogP contribution in [0.15, 0.2) is 59.0 Å². The van der Waals surface area contributed by atoms with E-state index < -0.39 is 5.38 Å². The van der Waals surface area contributed by atoms with Crippen LogP contribution >= 0.6 is 11.6 Å². The predicted molar refractivity (Wildman–Crippen MR) is 82.4 cm³/mol. The van der Waals surface area contributed by atoms with Crippen molar-refractivity contribution in [3.63, 3.8) is 0 Å². The minimum absolute atomic E-state index is 0.412. The first kappa shape index (κ1) is 13.8. The van der Waals surface area contributed by atoms with E-state index in [0.717, 1.165) is 11.1 Å². The molecule has 2 aromatic carbocycles. The summed E-state index contributed by atoms with van der Waals surface area (Å²) in [5.74, 6) is 1.02. The maximum Gasteiger partial charge on any atom is 0.238 e. The molecule has 0 aliphatic carbocycles. The van der Waals surface area contributed by atoms with Gasteiger partial charge in [0, 0.05) is 0 Å². The number of benzene rings is 2. The minimum Gasteiger partial charge on any atom is -0.423 e. The molecule has 0 amide bonds. The second-order valence-corrected chi connectivity index (χ2v) is 5.41. The third kappa shape index (κ3) is 3.31. The Hall–Kier alpha value is -2.13. The fourth-order valence-electron chi connectivity index (χ4n) is 2.20. The highest BCUT2D eigenvalue weighted by atomic mass is 35.5. The molecule has 0 bridgehead atoms. The van der Waals surface area contributed by atoms with E-state index in [1.807, 2.05) is 42.5 Å². The van der Waals surface area contributed by atoms with Crippen molar-refractivity contribution in [2.75, 3.05) is 0 Å². The summed E-state index contributed by atoms with van der Waals surface area (Å²) in [6.45, 7) is 2.06. The summed E-state index contributed by atoms with van der Waals surface area (Å²) in [5, 5.41) is 7.74. The van der Waals surface area contributed by atoms with Crippen LogP contribution in [0.5, 0.6) is 0 Å². The van der Waals surface area contributed by atoms with Crippen molar-refractivity contribution in [2.24, 2.45) is 0 Å². The highest BCUT2D eigenvalue weighted by Crippen LogP contribution is 2.27. The van der Waals surface area contributed by atoms with Crippen LogP contribution in [0, 0.1) is 6.92 Å². The Bertz CT molecular complexity index is 724. The molecule has 0 N–H and O–H groups in total. The summed E-state index contributed by atoms with van der Waals surface area (Å²) in [6.07, 6.45) is 0.618. The van der Waals surface area contributed by atoms with E-state index in [-0.39, 0.29) is 0 Å². The Morgan fingerprint density at radius 1 is 1.05 bits per heavy atom. The lowest BCUT2D eigenvalue weighted by Gasteiger charge is -2.04. The summed E-state index contributed by atoms with van der Waals surface area (Å²) in [4.78, 5) is 0. The number of halogens is 1. The van der Waals surface area contributed by atoms with E-state index >= 15 is 0 Å². The van der Waals surface area contributed by atoms with Crippen molar-refractivity contribution < 1.29 is 4.42 Å². The van der Waals surface area contributed by atoms with Crippen LogP contribution in [0.25, 0.3) is 0 Å². The maximum absolute atomic E-state index is 6.38. The van der Waals surface area contributed by atoms with Crippen LogP contribution in [0.1, 0.15) is 33.8 Å². The van der Waals surface area contributed by atoms with Gasteiger partial charge in [-0.15, -0.1) is 21.8 Å². The third-order valence-corrected chi connectivity index (χ3v) is 3.67. The summed E-state index contributed by atoms with van der Waals surface area (Å²) in [5.41, 5.74) is 3.31. The molecule has 0 radical (unpaired) electrons. The first-order valence-electron chi connectivity index (χ1n) is 6.79. The quantitative estimate of drug-likeness (QED) is 0.674. The molecule has 21 heavy (non-hydrogen) atoms. The molecule has 106 valence electrons. The van der Waals surface area contributed by atoms with Crippen molar-refractivity contribution >= 4 is 11.6 Å². The number of rotatable bonds is 4. The number of aromatic nitrogens is 2. The van der Waals surface area contributed by atoms with Crippen LogP contribution in [0.4, 0.5) is 0 Å². The molecule has 0 fully saturated rings. The lowest BCUT2D eigenvalue weighted by Crippen LogP contribution is -1.92. The molecule has 1 unspecified atom stereocenters. The number of aryl methyl sites for hydroxylation is 1. The molecule has 0 aliphatic rings. The molecule has 0 saturated carbocycles. The van der Waals surface area contributed by atoms with Gasteiger partial charge >= 0.3 is 0 Å². The molecule has 3 aromatic rings. The molecule has 4 heteroatoms. The lowest BCUT2D eigenvalue weighted by molar-refractivity contribution is 0.462. The van der Waals surface area contributed by atoms with Gasteiger partial charge < -0.3 is 4.42 Å².